The number of carbonyl (C=O) groups excluding carboxylic acids is 6. The van der Waals surface area contributed by atoms with Gasteiger partial charge in [0.2, 0.25) is 17.7 Å². The van der Waals surface area contributed by atoms with E-state index in [1.807, 2.05) is 18.3 Å². The number of ether oxygens (including phenoxy) is 1. The summed E-state index contributed by atoms with van der Waals surface area (Å²) in [4.78, 5) is 96.6. The molecule has 2 fully saturated rings. The number of nitrogens with one attached hydrogen (secondary N) is 5. The number of carbonyl (C=O) groups is 6. The van der Waals surface area contributed by atoms with Crippen molar-refractivity contribution in [2.75, 3.05) is 38.2 Å². The van der Waals surface area contributed by atoms with Gasteiger partial charge in [-0.3, -0.25) is 34.1 Å². The van der Waals surface area contributed by atoms with Gasteiger partial charge in [0, 0.05) is 88.0 Å². The maximum absolute atomic E-state index is 14.7. The van der Waals surface area contributed by atoms with Crippen LogP contribution in [0.2, 0.25) is 0 Å². The summed E-state index contributed by atoms with van der Waals surface area (Å²) in [5.41, 5.74) is 3.76. The number of hydrogen-bond donors (Lipinski definition) is 5. The number of sulfone groups is 1. The van der Waals surface area contributed by atoms with E-state index in [2.05, 4.69) is 31.5 Å². The molecule has 1 saturated heterocycles. The molecule has 0 bridgehead atoms. The Hall–Kier alpha value is -6.24. The minimum Gasteiger partial charge on any atom is -0.444 e. The van der Waals surface area contributed by atoms with Crippen LogP contribution in [0.1, 0.15) is 105 Å². The third-order valence-corrected chi connectivity index (χ3v) is 13.9. The fraction of sp³-hybridized carbons (Fsp3) is 0.521. The van der Waals surface area contributed by atoms with Gasteiger partial charge in [0.25, 0.3) is 17.4 Å². The Balaban J connectivity index is 1.01. The van der Waals surface area contributed by atoms with Gasteiger partial charge in [-0.15, -0.1) is 0 Å². The highest BCUT2D eigenvalue weighted by Gasteiger charge is 2.47. The highest BCUT2D eigenvalue weighted by molar-refractivity contribution is 7.91. The normalized spacial score (nSPS) is 21.2. The van der Waals surface area contributed by atoms with E-state index in [9.17, 15) is 42.0 Å². The summed E-state index contributed by atoms with van der Waals surface area (Å²) in [5.74, 6) is -1.95. The van der Waals surface area contributed by atoms with Crippen LogP contribution >= 0.6 is 0 Å². The highest BCUT2D eigenvalue weighted by Crippen LogP contribution is 2.48. The SMILES string of the molecule is Cn1ccc2c(c1=O)C1=C3C(=CN(CC4CC4)C3CC(C(=O)NCCNC(=O)OC(C)(C)C)N1)C(C(=O)NCCCCCc1cccc3c1CN(C1CCC(=O)NC1=O)C3=O)=C2CS(C)(=O)=O. The van der Waals surface area contributed by atoms with Crippen LogP contribution in [0.15, 0.2) is 58.2 Å². The smallest absolute Gasteiger partial charge is 0.407 e. The minimum atomic E-state index is -3.77. The molecular weight excluding hydrogens is 881 g/mol. The van der Waals surface area contributed by atoms with Crippen molar-refractivity contribution in [1.82, 2.24) is 41.0 Å². The summed E-state index contributed by atoms with van der Waals surface area (Å²) in [5, 5.41) is 14.3. The van der Waals surface area contributed by atoms with Crippen LogP contribution in [0.25, 0.3) is 11.3 Å². The summed E-state index contributed by atoms with van der Waals surface area (Å²) in [6, 6.07) is 5.31. The highest BCUT2D eigenvalue weighted by atomic mass is 32.2. The van der Waals surface area contributed by atoms with Crippen molar-refractivity contribution in [3.8, 4) is 0 Å². The summed E-state index contributed by atoms with van der Waals surface area (Å²) < 4.78 is 33.2. The average Bonchev–Trinajstić information content (AvgIpc) is 3.94. The molecule has 1 aromatic carbocycles. The van der Waals surface area contributed by atoms with Crippen molar-refractivity contribution in [3.63, 3.8) is 0 Å². The number of nitrogens with zero attached hydrogens (tertiary/aromatic N) is 3. The number of fused-ring (bicyclic) bond motifs is 3. The van der Waals surface area contributed by atoms with E-state index >= 15 is 0 Å². The van der Waals surface area contributed by atoms with Crippen molar-refractivity contribution in [1.29, 1.82) is 0 Å². The van der Waals surface area contributed by atoms with E-state index in [1.54, 1.807) is 51.0 Å². The molecule has 1 saturated carbocycles. The maximum Gasteiger partial charge on any atom is 0.407 e. The van der Waals surface area contributed by atoms with Gasteiger partial charge in [0.1, 0.15) is 17.7 Å². The number of hydrogen-bond acceptors (Lipinski definition) is 12. The number of aromatic nitrogens is 1. The molecule has 4 aliphatic heterocycles. The summed E-state index contributed by atoms with van der Waals surface area (Å²) in [6.45, 7) is 6.73. The number of pyridine rings is 1. The third kappa shape index (κ3) is 10.4. The molecule has 19 heteroatoms. The maximum atomic E-state index is 14.7. The second kappa shape index (κ2) is 18.8. The van der Waals surface area contributed by atoms with Gasteiger partial charge in [-0.1, -0.05) is 18.6 Å². The van der Waals surface area contributed by atoms with E-state index in [-0.39, 0.29) is 73.5 Å². The van der Waals surface area contributed by atoms with E-state index in [1.165, 1.54) is 4.57 Å². The van der Waals surface area contributed by atoms with Crippen molar-refractivity contribution >= 4 is 56.7 Å². The lowest BCUT2D eigenvalue weighted by Gasteiger charge is -2.36. The Bertz CT molecular complexity index is 2690. The van der Waals surface area contributed by atoms with Gasteiger partial charge in [-0.05, 0) is 99.6 Å². The van der Waals surface area contributed by atoms with Crippen molar-refractivity contribution in [3.05, 3.63) is 91.6 Å². The Morgan fingerprint density at radius 1 is 0.910 bits per heavy atom. The molecule has 3 atom stereocenters. The fourth-order valence-electron chi connectivity index (χ4n) is 9.79. The Kier molecular flexibility index (Phi) is 13.3. The number of alkyl carbamates (subject to hydrolysis) is 1. The summed E-state index contributed by atoms with van der Waals surface area (Å²) >= 11 is 0. The van der Waals surface area contributed by atoms with E-state index in [4.69, 9.17) is 4.74 Å². The van der Waals surface area contributed by atoms with Crippen molar-refractivity contribution in [2.45, 2.75) is 109 Å². The molecule has 8 rings (SSSR count). The average molecular weight is 941 g/mol. The molecular formula is C48H60N8O10S. The number of imide groups is 1. The van der Waals surface area contributed by atoms with Gasteiger partial charge in [-0.25, -0.2) is 13.2 Å². The first-order chi connectivity index (χ1) is 31.8. The number of piperidine rings is 1. The monoisotopic (exact) mass is 940 g/mol. The predicted molar refractivity (Wildman–Crippen MR) is 248 cm³/mol. The van der Waals surface area contributed by atoms with Crippen LogP contribution in [0.3, 0.4) is 0 Å². The number of aryl methyl sites for hydroxylation is 2. The topological polar surface area (TPSA) is 234 Å². The molecule has 0 radical (unpaired) electrons. The van der Waals surface area contributed by atoms with E-state index < -0.39 is 62.8 Å². The predicted octanol–water partition coefficient (Wildman–Crippen LogP) is 2.18. The zero-order chi connectivity index (χ0) is 47.9. The number of rotatable bonds is 16. The molecule has 67 heavy (non-hydrogen) atoms. The molecule has 18 nitrogen and oxygen atoms in total. The second-order valence-corrected chi connectivity index (χ2v) is 21.6. The van der Waals surface area contributed by atoms with Gasteiger partial charge in [0.15, 0.2) is 9.84 Å². The molecule has 6 aliphatic rings. The zero-order valence-electron chi connectivity index (χ0n) is 38.7. The molecule has 3 unspecified atom stereocenters. The van der Waals surface area contributed by atoms with Crippen LogP contribution in [0.4, 0.5) is 4.79 Å². The van der Waals surface area contributed by atoms with Gasteiger partial charge < -0.3 is 40.4 Å². The fourth-order valence-corrected chi connectivity index (χ4v) is 10.6. The zero-order valence-corrected chi connectivity index (χ0v) is 39.5. The van der Waals surface area contributed by atoms with Crippen molar-refractivity contribution < 1.29 is 41.9 Å². The molecule has 358 valence electrons. The molecule has 2 aliphatic carbocycles. The van der Waals surface area contributed by atoms with Crippen molar-refractivity contribution in [2.24, 2.45) is 13.0 Å². The Labute approximate surface area is 389 Å². The largest absolute Gasteiger partial charge is 0.444 e. The van der Waals surface area contributed by atoms with Gasteiger partial charge >= 0.3 is 6.09 Å². The Morgan fingerprint density at radius 3 is 2.39 bits per heavy atom. The quantitative estimate of drug-likeness (QED) is 0.120. The lowest BCUT2D eigenvalue weighted by Crippen LogP contribution is -2.52. The van der Waals surface area contributed by atoms with E-state index in [0.717, 1.165) is 43.1 Å². The number of unbranched alkanes of at least 4 members (excludes halogenated alkanes) is 2. The Morgan fingerprint density at radius 2 is 1.67 bits per heavy atom. The first-order valence-corrected chi connectivity index (χ1v) is 25.2. The first kappa shape index (κ1) is 47.3. The molecule has 5 N–H and O–H groups in total. The van der Waals surface area contributed by atoms with Crippen LogP contribution in [-0.4, -0.2) is 120 Å². The first-order valence-electron chi connectivity index (χ1n) is 23.2. The van der Waals surface area contributed by atoms with Crippen LogP contribution in [0, 0.1) is 5.92 Å². The minimum absolute atomic E-state index is 0.116. The van der Waals surface area contributed by atoms with Crippen LogP contribution in [0.5, 0.6) is 0 Å². The molecule has 1 aromatic heterocycles. The molecule has 6 amide bonds. The number of amides is 6. The standard InChI is InChI=1S/C48H60N8O10S/c1-48(2,3)66-47(63)51-20-19-50-42(58)34-22-36-39-32(24-55(36)23-27-13-14-27)38(33(26-67(5,64)65)29-17-21-54(4)46(62)40(29)41(39)52-34)44(60)49-18-8-6-7-10-28-11-9-12-30-31(28)25-56(45(30)61)35-15-16-37(57)53-43(35)59/h9,11-12,17,21,24,27,34-36,52H,6-8,10,13-16,18-20,22-23,25-26H2,1-5H3,(H,49,60)(H,50,58)(H,51,63)(H,53,57,59). The molecule has 2 aromatic rings. The molecule has 5 heterocycles. The summed E-state index contributed by atoms with van der Waals surface area (Å²) in [6.07, 6.45) is 9.50. The lowest BCUT2D eigenvalue weighted by atomic mass is 9.86. The number of benzene rings is 1. The second-order valence-electron chi connectivity index (χ2n) is 19.5. The van der Waals surface area contributed by atoms with Crippen LogP contribution in [-0.2, 0) is 53.8 Å². The lowest BCUT2D eigenvalue weighted by molar-refractivity contribution is -0.137. The molecule has 0 spiro atoms. The third-order valence-electron chi connectivity index (χ3n) is 13.1. The van der Waals surface area contributed by atoms with E-state index in [0.29, 0.717) is 59.7 Å². The van der Waals surface area contributed by atoms with Crippen LogP contribution < -0.4 is 32.1 Å². The van der Waals surface area contributed by atoms with Gasteiger partial charge in [-0.2, -0.15) is 0 Å². The summed E-state index contributed by atoms with van der Waals surface area (Å²) in [7, 11) is -2.17. The van der Waals surface area contributed by atoms with Gasteiger partial charge in [0.05, 0.1) is 28.6 Å².